The molecule has 0 unspecified atom stereocenters. The number of nitriles is 1. The maximum Gasteiger partial charge on any atom is 0.265 e. The Morgan fingerprint density at radius 1 is 0.938 bits per heavy atom. The summed E-state index contributed by atoms with van der Waals surface area (Å²) in [6.07, 6.45) is 1.20. The lowest BCUT2D eigenvalue weighted by Crippen LogP contribution is -2.50. The molecule has 0 amide bonds. The number of nitrogens with one attached hydrogen (secondary N) is 2. The van der Waals surface area contributed by atoms with Crippen molar-refractivity contribution in [2.45, 2.75) is 41.0 Å². The van der Waals surface area contributed by atoms with Gasteiger partial charge < -0.3 is 28.3 Å². The van der Waals surface area contributed by atoms with Crippen LogP contribution in [0, 0.1) is 25.2 Å². The zero-order valence-corrected chi connectivity index (χ0v) is 30.7. The van der Waals surface area contributed by atoms with Crippen LogP contribution in [0.1, 0.15) is 53.6 Å². The third kappa shape index (κ3) is 14.4. The zero-order chi connectivity index (χ0) is 35.4. The van der Waals surface area contributed by atoms with Crippen molar-refractivity contribution >= 4 is 44.1 Å². The number of carbonyl (C=O) groups is 1. The number of benzene rings is 1. The lowest BCUT2D eigenvalue weighted by molar-refractivity contribution is -0.925. The molecule has 15 heteroatoms. The fraction of sp³-hybridized carbons (Fsp3) is 0.636. The van der Waals surface area contributed by atoms with Gasteiger partial charge in [-0.15, -0.1) is 11.3 Å². The van der Waals surface area contributed by atoms with Crippen LogP contribution >= 0.6 is 11.3 Å². The Hall–Kier alpha value is -2.81. The summed E-state index contributed by atoms with van der Waals surface area (Å²) in [6, 6.07) is 8.29. The number of aryl methyl sites for hydroxylation is 1. The SMILES string of the molecule is CCN(CCOCCOCCOCCOCC[N+](CC)(CC)CCCS(=O)(=O)O)c1ccc(NNc2sc(C=O)c(C)c2C#N)c(C)c1. The molecule has 0 bridgehead atoms. The molecule has 0 aliphatic rings. The maximum absolute atomic E-state index is 11.3. The van der Waals surface area contributed by atoms with Crippen LogP contribution in [0.2, 0.25) is 0 Å². The molecule has 0 spiro atoms. The van der Waals surface area contributed by atoms with E-state index in [1.54, 1.807) is 6.92 Å². The fourth-order valence-corrected chi connectivity index (χ4v) is 6.61. The molecule has 270 valence electrons. The Kier molecular flexibility index (Phi) is 19.0. The molecule has 0 aliphatic heterocycles. The van der Waals surface area contributed by atoms with E-state index in [4.69, 9.17) is 23.5 Å². The largest absolute Gasteiger partial charge is 0.377 e. The summed E-state index contributed by atoms with van der Waals surface area (Å²) >= 11 is 1.25. The molecule has 0 radical (unpaired) electrons. The lowest BCUT2D eigenvalue weighted by Gasteiger charge is -2.36. The second-order valence-electron chi connectivity index (χ2n) is 11.4. The van der Waals surface area contributed by atoms with E-state index in [1.807, 2.05) is 19.1 Å². The van der Waals surface area contributed by atoms with E-state index >= 15 is 0 Å². The van der Waals surface area contributed by atoms with Gasteiger partial charge in [0.15, 0.2) is 6.29 Å². The average molecular weight is 713 g/mol. The van der Waals surface area contributed by atoms with Crippen LogP contribution < -0.4 is 15.8 Å². The molecule has 1 aromatic carbocycles. The van der Waals surface area contributed by atoms with Crippen molar-refractivity contribution in [1.82, 2.24) is 0 Å². The number of ether oxygens (including phenoxy) is 4. The summed E-state index contributed by atoms with van der Waals surface area (Å²) in [5, 5.41) is 10.1. The highest BCUT2D eigenvalue weighted by atomic mass is 32.2. The topological polar surface area (TPSA) is 159 Å². The molecule has 0 aliphatic carbocycles. The van der Waals surface area contributed by atoms with E-state index < -0.39 is 10.1 Å². The minimum atomic E-state index is -3.93. The highest BCUT2D eigenvalue weighted by Gasteiger charge is 2.23. The first kappa shape index (κ1) is 41.4. The monoisotopic (exact) mass is 712 g/mol. The number of quaternary nitrogens is 1. The number of carbonyl (C=O) groups excluding carboxylic acids is 1. The predicted molar refractivity (Wildman–Crippen MR) is 191 cm³/mol. The molecule has 3 N–H and O–H groups in total. The van der Waals surface area contributed by atoms with Crippen LogP contribution in [-0.4, -0.2) is 122 Å². The van der Waals surface area contributed by atoms with Crippen molar-refractivity contribution in [2.24, 2.45) is 0 Å². The Labute approximate surface area is 290 Å². The van der Waals surface area contributed by atoms with E-state index in [-0.39, 0.29) is 5.75 Å². The molecule has 13 nitrogen and oxygen atoms in total. The number of hydrogen-bond acceptors (Lipinski definition) is 12. The summed E-state index contributed by atoms with van der Waals surface area (Å²) in [4.78, 5) is 14.0. The third-order valence-electron chi connectivity index (χ3n) is 8.38. The van der Waals surface area contributed by atoms with Crippen molar-refractivity contribution < 1.29 is 41.2 Å². The smallest absolute Gasteiger partial charge is 0.265 e. The molecule has 0 fully saturated rings. The van der Waals surface area contributed by atoms with Crippen LogP contribution in [0.3, 0.4) is 0 Å². The molecule has 1 aromatic heterocycles. The van der Waals surface area contributed by atoms with Crippen LogP contribution in [0.25, 0.3) is 0 Å². The van der Waals surface area contributed by atoms with Gasteiger partial charge in [0.1, 0.15) is 17.6 Å². The second kappa shape index (κ2) is 22.0. The molecule has 2 rings (SSSR count). The predicted octanol–water partition coefficient (Wildman–Crippen LogP) is 4.52. The molecule has 0 atom stereocenters. The first-order valence-corrected chi connectivity index (χ1v) is 18.9. The highest BCUT2D eigenvalue weighted by molar-refractivity contribution is 7.85. The van der Waals surface area contributed by atoms with E-state index in [0.717, 1.165) is 60.4 Å². The summed E-state index contributed by atoms with van der Waals surface area (Å²) in [6.45, 7) is 18.8. The van der Waals surface area contributed by atoms with Crippen LogP contribution in [0.5, 0.6) is 0 Å². The summed E-state index contributed by atoms with van der Waals surface area (Å²) in [5.74, 6) is -0.211. The summed E-state index contributed by atoms with van der Waals surface area (Å²) in [7, 11) is -3.93. The van der Waals surface area contributed by atoms with Gasteiger partial charge in [0, 0.05) is 25.2 Å². The number of rotatable bonds is 27. The zero-order valence-electron chi connectivity index (χ0n) is 29.1. The van der Waals surface area contributed by atoms with E-state index in [1.165, 1.54) is 11.3 Å². The standard InChI is InChI=1S/C33H53N5O8S2/c1-6-37(29-10-11-31(27(4)24-29)35-36-33-30(25-34)28(5)32(26-39)47-33)12-15-43-17-19-45-21-22-46-20-18-44-16-14-38(7-2,8-3)13-9-23-48(40,41)42/h10-11,24,26,35H,6-9,12-23H2,1-5H3,(H-,36,39,40,41,42)/p+1. The minimum Gasteiger partial charge on any atom is -0.377 e. The van der Waals surface area contributed by atoms with Crippen molar-refractivity contribution in [2.75, 3.05) is 114 Å². The summed E-state index contributed by atoms with van der Waals surface area (Å²) < 4.78 is 54.5. The van der Waals surface area contributed by atoms with Gasteiger partial charge in [-0.25, -0.2) is 0 Å². The van der Waals surface area contributed by atoms with Crippen molar-refractivity contribution in [3.63, 3.8) is 0 Å². The quantitative estimate of drug-likeness (QED) is 0.0392. The molecule has 2 aromatic rings. The molecule has 48 heavy (non-hydrogen) atoms. The second-order valence-corrected chi connectivity index (χ2v) is 14.0. The Balaban J connectivity index is 1.56. The van der Waals surface area contributed by atoms with Gasteiger partial charge in [0.2, 0.25) is 0 Å². The molecule has 0 saturated heterocycles. The third-order valence-corrected chi connectivity index (χ3v) is 10.3. The van der Waals surface area contributed by atoms with Crippen molar-refractivity contribution in [1.29, 1.82) is 5.26 Å². The number of thiophene rings is 1. The van der Waals surface area contributed by atoms with Gasteiger partial charge in [0.25, 0.3) is 10.1 Å². The van der Waals surface area contributed by atoms with E-state index in [2.05, 4.69) is 48.7 Å². The van der Waals surface area contributed by atoms with Gasteiger partial charge >= 0.3 is 0 Å². The first-order chi connectivity index (χ1) is 23.0. The van der Waals surface area contributed by atoms with Gasteiger partial charge in [-0.2, -0.15) is 13.7 Å². The number of hydrazine groups is 1. The van der Waals surface area contributed by atoms with Crippen LogP contribution in [-0.2, 0) is 29.1 Å². The van der Waals surface area contributed by atoms with Gasteiger partial charge in [-0.3, -0.25) is 20.2 Å². The van der Waals surface area contributed by atoms with E-state index in [9.17, 15) is 18.5 Å². The maximum atomic E-state index is 11.3. The molecular weight excluding hydrogens is 659 g/mol. The number of nitrogens with zero attached hydrogens (tertiary/aromatic N) is 3. The Morgan fingerprint density at radius 3 is 2.06 bits per heavy atom. The van der Waals surface area contributed by atoms with Crippen LogP contribution in [0.15, 0.2) is 18.2 Å². The summed E-state index contributed by atoms with van der Waals surface area (Å²) in [5.41, 5.74) is 10.4. The molecule has 0 saturated carbocycles. The first-order valence-electron chi connectivity index (χ1n) is 16.5. The van der Waals surface area contributed by atoms with Crippen LogP contribution in [0.4, 0.5) is 16.4 Å². The highest BCUT2D eigenvalue weighted by Crippen LogP contribution is 2.32. The Bertz CT molecular complexity index is 1390. The normalized spacial score (nSPS) is 11.8. The Morgan fingerprint density at radius 2 is 1.54 bits per heavy atom. The lowest BCUT2D eigenvalue weighted by atomic mass is 10.1. The fourth-order valence-electron chi connectivity index (χ4n) is 5.19. The van der Waals surface area contributed by atoms with Crippen molar-refractivity contribution in [3.8, 4) is 6.07 Å². The average Bonchev–Trinajstić information content (AvgIpc) is 3.38. The van der Waals surface area contributed by atoms with Gasteiger partial charge in [-0.05, 0) is 63.9 Å². The molecular formula is C33H54N5O8S2+. The minimum absolute atomic E-state index is 0.211. The van der Waals surface area contributed by atoms with E-state index in [0.29, 0.717) is 86.8 Å². The molecule has 1 heterocycles. The number of likely N-dealkylation sites (N-methyl/N-ethyl adjacent to an activating group) is 2. The van der Waals surface area contributed by atoms with Crippen molar-refractivity contribution in [3.05, 3.63) is 39.8 Å². The van der Waals surface area contributed by atoms with Gasteiger partial charge in [0.05, 0.1) is 94.4 Å². The van der Waals surface area contributed by atoms with Gasteiger partial charge in [-0.1, -0.05) is 0 Å². The number of aldehydes is 1. The number of anilines is 3. The number of hydrogen-bond donors (Lipinski definition) is 3.